The van der Waals surface area contributed by atoms with Crippen LogP contribution in [0.25, 0.3) is 0 Å². The number of thioether (sulfide) groups is 1. The molecule has 2 atom stereocenters. The molecule has 0 aliphatic carbocycles. The molecule has 0 aromatic carbocycles. The Kier molecular flexibility index (Phi) is 5.18. The fraction of sp³-hybridized carbons (Fsp3) is 0.933. The number of nitrogens with zero attached hydrogens (tertiary/aromatic N) is 1. The van der Waals surface area contributed by atoms with Crippen LogP contribution in [0.15, 0.2) is 0 Å². The van der Waals surface area contributed by atoms with Gasteiger partial charge in [0.25, 0.3) is 0 Å². The van der Waals surface area contributed by atoms with Gasteiger partial charge in [-0.15, -0.1) is 0 Å². The number of hydrogen-bond donors (Lipinski definition) is 1. The molecule has 0 spiro atoms. The summed E-state index contributed by atoms with van der Waals surface area (Å²) in [6.07, 6.45) is 3.27. The Hall–Kier alpha value is -0.220. The Morgan fingerprint density at radius 3 is 2.95 bits per heavy atom. The lowest BCUT2D eigenvalue weighted by Gasteiger charge is -2.38. The summed E-state index contributed by atoms with van der Waals surface area (Å²) in [5.41, 5.74) is 0. The van der Waals surface area contributed by atoms with E-state index in [1.807, 2.05) is 11.8 Å². The van der Waals surface area contributed by atoms with Gasteiger partial charge in [-0.05, 0) is 51.6 Å². The van der Waals surface area contributed by atoms with E-state index < -0.39 is 0 Å². The van der Waals surface area contributed by atoms with Gasteiger partial charge in [0.15, 0.2) is 0 Å². The standard InChI is InChI=1S/C15H28N2OS/c1-12(13-5-4-6-16-10-13)9-14(18)17-7-8-19-15(2,3)11-17/h12-13,16H,4-11H2,1-3H3. The minimum Gasteiger partial charge on any atom is -0.340 e. The molecule has 4 heteroatoms. The lowest BCUT2D eigenvalue weighted by molar-refractivity contribution is -0.132. The summed E-state index contributed by atoms with van der Waals surface area (Å²) >= 11 is 1.98. The minimum atomic E-state index is 0.226. The van der Waals surface area contributed by atoms with Crippen LogP contribution in [0.1, 0.15) is 40.0 Å². The van der Waals surface area contributed by atoms with Crippen molar-refractivity contribution in [2.24, 2.45) is 11.8 Å². The molecule has 0 saturated carbocycles. The summed E-state index contributed by atoms with van der Waals surface area (Å²) in [6.45, 7) is 10.8. The molecular formula is C15H28N2OS. The summed E-state index contributed by atoms with van der Waals surface area (Å²) in [6, 6.07) is 0. The summed E-state index contributed by atoms with van der Waals surface area (Å²) < 4.78 is 0.226. The minimum absolute atomic E-state index is 0.226. The second-order valence-corrected chi connectivity index (χ2v) is 8.51. The van der Waals surface area contributed by atoms with Crippen LogP contribution in [-0.4, -0.2) is 47.5 Å². The van der Waals surface area contributed by atoms with E-state index in [1.54, 1.807) is 0 Å². The smallest absolute Gasteiger partial charge is 0.222 e. The quantitative estimate of drug-likeness (QED) is 0.863. The van der Waals surface area contributed by atoms with E-state index in [4.69, 9.17) is 0 Å². The number of rotatable bonds is 3. The normalized spacial score (nSPS) is 29.0. The van der Waals surface area contributed by atoms with Crippen LogP contribution in [-0.2, 0) is 4.79 Å². The fourth-order valence-corrected chi connectivity index (χ4v) is 4.28. The lowest BCUT2D eigenvalue weighted by Crippen LogP contribution is -2.47. The fourth-order valence-electron chi connectivity index (χ4n) is 3.17. The second kappa shape index (κ2) is 6.49. The van der Waals surface area contributed by atoms with Gasteiger partial charge in [-0.1, -0.05) is 6.92 Å². The van der Waals surface area contributed by atoms with Crippen molar-refractivity contribution in [2.45, 2.75) is 44.8 Å². The molecule has 2 aliphatic heterocycles. The predicted molar refractivity (Wildman–Crippen MR) is 82.5 cm³/mol. The van der Waals surface area contributed by atoms with Crippen LogP contribution in [0.3, 0.4) is 0 Å². The first-order chi connectivity index (χ1) is 8.98. The van der Waals surface area contributed by atoms with Crippen molar-refractivity contribution < 1.29 is 4.79 Å². The SMILES string of the molecule is CC(CC(=O)N1CCSC(C)(C)C1)C1CCCNC1. The molecule has 2 heterocycles. The molecule has 0 bridgehead atoms. The highest BCUT2D eigenvalue weighted by Gasteiger charge is 2.31. The number of piperidine rings is 1. The summed E-state index contributed by atoms with van der Waals surface area (Å²) in [4.78, 5) is 14.5. The zero-order valence-electron chi connectivity index (χ0n) is 12.6. The highest BCUT2D eigenvalue weighted by Crippen LogP contribution is 2.30. The summed E-state index contributed by atoms with van der Waals surface area (Å²) in [7, 11) is 0. The maximum absolute atomic E-state index is 12.4. The largest absolute Gasteiger partial charge is 0.340 e. The third-order valence-electron chi connectivity index (χ3n) is 4.41. The van der Waals surface area contributed by atoms with Crippen molar-refractivity contribution in [3.63, 3.8) is 0 Å². The lowest BCUT2D eigenvalue weighted by atomic mass is 9.85. The van der Waals surface area contributed by atoms with Crippen molar-refractivity contribution in [1.29, 1.82) is 0 Å². The van der Waals surface area contributed by atoms with Gasteiger partial charge in [-0.2, -0.15) is 11.8 Å². The van der Waals surface area contributed by atoms with Crippen molar-refractivity contribution >= 4 is 17.7 Å². The molecule has 0 aromatic heterocycles. The molecule has 2 aliphatic rings. The van der Waals surface area contributed by atoms with Gasteiger partial charge < -0.3 is 10.2 Å². The molecule has 3 nitrogen and oxygen atoms in total. The number of amides is 1. The monoisotopic (exact) mass is 284 g/mol. The number of carbonyl (C=O) groups excluding carboxylic acids is 1. The van der Waals surface area contributed by atoms with E-state index in [-0.39, 0.29) is 4.75 Å². The van der Waals surface area contributed by atoms with Crippen molar-refractivity contribution in [3.8, 4) is 0 Å². The van der Waals surface area contributed by atoms with Gasteiger partial charge in [-0.25, -0.2) is 0 Å². The molecule has 0 radical (unpaired) electrons. The van der Waals surface area contributed by atoms with Crippen LogP contribution < -0.4 is 5.32 Å². The highest BCUT2D eigenvalue weighted by atomic mass is 32.2. The van der Waals surface area contributed by atoms with Gasteiger partial charge in [-0.3, -0.25) is 4.79 Å². The zero-order chi connectivity index (χ0) is 13.9. The second-order valence-electron chi connectivity index (χ2n) is 6.71. The molecule has 2 saturated heterocycles. The average molecular weight is 284 g/mol. The van der Waals surface area contributed by atoms with Gasteiger partial charge in [0.05, 0.1) is 0 Å². The van der Waals surface area contributed by atoms with E-state index in [0.29, 0.717) is 17.7 Å². The summed E-state index contributed by atoms with van der Waals surface area (Å²) in [5.74, 6) is 2.65. The van der Waals surface area contributed by atoms with Crippen molar-refractivity contribution in [2.75, 3.05) is 31.9 Å². The molecule has 2 fully saturated rings. The Balaban J connectivity index is 1.82. The zero-order valence-corrected chi connectivity index (χ0v) is 13.4. The van der Waals surface area contributed by atoms with Gasteiger partial charge in [0, 0.05) is 30.0 Å². The number of carbonyl (C=O) groups is 1. The molecule has 1 amide bonds. The Bertz CT molecular complexity index is 313. The molecule has 2 rings (SSSR count). The van der Waals surface area contributed by atoms with Gasteiger partial charge in [0.1, 0.15) is 0 Å². The topological polar surface area (TPSA) is 32.3 Å². The highest BCUT2D eigenvalue weighted by molar-refractivity contribution is 8.00. The first-order valence-corrected chi connectivity index (χ1v) is 8.59. The van der Waals surface area contributed by atoms with E-state index in [2.05, 4.69) is 31.0 Å². The van der Waals surface area contributed by atoms with E-state index in [0.717, 1.165) is 38.4 Å². The molecule has 110 valence electrons. The molecule has 1 N–H and O–H groups in total. The van der Waals surface area contributed by atoms with E-state index in [9.17, 15) is 4.79 Å². The maximum Gasteiger partial charge on any atom is 0.222 e. The third kappa shape index (κ3) is 4.38. The number of nitrogens with one attached hydrogen (secondary N) is 1. The Labute approximate surface area is 121 Å². The first kappa shape index (κ1) is 15.2. The van der Waals surface area contributed by atoms with E-state index in [1.165, 1.54) is 12.8 Å². The Morgan fingerprint density at radius 1 is 1.53 bits per heavy atom. The van der Waals surface area contributed by atoms with Crippen molar-refractivity contribution in [3.05, 3.63) is 0 Å². The Morgan fingerprint density at radius 2 is 2.32 bits per heavy atom. The van der Waals surface area contributed by atoms with Crippen molar-refractivity contribution in [1.82, 2.24) is 10.2 Å². The van der Waals surface area contributed by atoms with Crippen LogP contribution in [0, 0.1) is 11.8 Å². The predicted octanol–water partition coefficient (Wildman–Crippen LogP) is 2.37. The van der Waals surface area contributed by atoms with Crippen LogP contribution in [0.4, 0.5) is 0 Å². The van der Waals surface area contributed by atoms with Crippen LogP contribution in [0.2, 0.25) is 0 Å². The van der Waals surface area contributed by atoms with Gasteiger partial charge >= 0.3 is 0 Å². The molecule has 19 heavy (non-hydrogen) atoms. The van der Waals surface area contributed by atoms with Gasteiger partial charge in [0.2, 0.25) is 5.91 Å². The van der Waals surface area contributed by atoms with Crippen LogP contribution >= 0.6 is 11.8 Å². The third-order valence-corrected chi connectivity index (χ3v) is 5.71. The maximum atomic E-state index is 12.4. The van der Waals surface area contributed by atoms with Crippen LogP contribution in [0.5, 0.6) is 0 Å². The molecule has 2 unspecified atom stereocenters. The first-order valence-electron chi connectivity index (χ1n) is 7.60. The number of hydrogen-bond acceptors (Lipinski definition) is 3. The molecule has 0 aromatic rings. The average Bonchev–Trinajstić information content (AvgIpc) is 2.38. The van der Waals surface area contributed by atoms with E-state index >= 15 is 0 Å². The molecular weight excluding hydrogens is 256 g/mol. The summed E-state index contributed by atoms with van der Waals surface area (Å²) in [5, 5.41) is 3.45.